The fourth-order valence-corrected chi connectivity index (χ4v) is 0.755. The first-order valence-electron chi connectivity index (χ1n) is 3.86. The van der Waals surface area contributed by atoms with E-state index >= 15 is 0 Å². The van der Waals surface area contributed by atoms with Crippen molar-refractivity contribution >= 4 is 12.0 Å². The van der Waals surface area contributed by atoms with Gasteiger partial charge in [-0.15, -0.1) is 0 Å². The summed E-state index contributed by atoms with van der Waals surface area (Å²) in [5.74, 6) is 0.114. The number of hydrogen-bond donors (Lipinski definition) is 2. The zero-order chi connectivity index (χ0) is 10.9. The van der Waals surface area contributed by atoms with Gasteiger partial charge in [-0.3, -0.25) is 4.79 Å². The first-order valence-corrected chi connectivity index (χ1v) is 3.86. The Balaban J connectivity index is 0. The molecule has 0 spiro atoms. The Hall–Kier alpha value is -1.19. The maximum absolute atomic E-state index is 10.7. The van der Waals surface area contributed by atoms with Gasteiger partial charge < -0.3 is 10.5 Å². The standard InChI is InChI=1S/C7H15NO2.CHNO/c1-5(2)4-6(8)7(9)10-3;2-1-3/h5-6H,4,8H2,1-3H3;2H/t6-;/m0./s1. The zero-order valence-corrected chi connectivity index (χ0v) is 8.16. The van der Waals surface area contributed by atoms with Crippen molar-refractivity contribution in [3.63, 3.8) is 0 Å². The molecule has 13 heavy (non-hydrogen) atoms. The van der Waals surface area contributed by atoms with E-state index in [2.05, 4.69) is 4.74 Å². The molecule has 76 valence electrons. The molecule has 0 saturated carbocycles. The lowest BCUT2D eigenvalue weighted by Crippen LogP contribution is -2.32. The number of hydrogen-bond acceptors (Lipinski definition) is 5. The van der Waals surface area contributed by atoms with E-state index in [9.17, 15) is 4.79 Å². The minimum atomic E-state index is -0.454. The summed E-state index contributed by atoms with van der Waals surface area (Å²) in [5.41, 5.74) is 5.45. The minimum Gasteiger partial charge on any atom is -0.468 e. The Morgan fingerprint density at radius 1 is 1.62 bits per heavy atom. The molecule has 0 saturated heterocycles. The highest BCUT2D eigenvalue weighted by Gasteiger charge is 2.14. The number of carbonyl (C=O) groups is 1. The Bertz CT molecular complexity index is 174. The molecule has 0 fully saturated rings. The van der Waals surface area contributed by atoms with Crippen LogP contribution in [0, 0.1) is 11.3 Å². The molecule has 0 bridgehead atoms. The van der Waals surface area contributed by atoms with Crippen LogP contribution in [0.3, 0.4) is 0 Å². The van der Waals surface area contributed by atoms with E-state index in [4.69, 9.17) is 15.9 Å². The molecule has 0 heterocycles. The predicted octanol–water partition coefficient (Wildman–Crippen LogP) is 0.434. The normalized spacial score (nSPS) is 10.8. The molecule has 0 aromatic heterocycles. The first-order chi connectivity index (χ1) is 5.99. The number of ether oxygens (including phenoxy) is 1. The van der Waals surface area contributed by atoms with Crippen molar-refractivity contribution in [3.8, 4) is 0 Å². The average Bonchev–Trinajstić information content (AvgIpc) is 2.03. The van der Waals surface area contributed by atoms with Crippen LogP contribution in [0.2, 0.25) is 0 Å². The molecule has 0 amide bonds. The second-order valence-electron chi connectivity index (χ2n) is 2.86. The van der Waals surface area contributed by atoms with Gasteiger partial charge in [0, 0.05) is 0 Å². The SMILES string of the molecule is COC(=O)[C@@H](N)CC(C)C.N=C=O. The molecule has 5 heteroatoms. The lowest BCUT2D eigenvalue weighted by Gasteiger charge is -2.10. The van der Waals surface area contributed by atoms with Crippen molar-refractivity contribution < 1.29 is 14.3 Å². The van der Waals surface area contributed by atoms with Gasteiger partial charge >= 0.3 is 5.97 Å². The highest BCUT2D eigenvalue weighted by molar-refractivity contribution is 5.75. The lowest BCUT2D eigenvalue weighted by molar-refractivity contribution is -0.142. The van der Waals surface area contributed by atoms with Gasteiger partial charge in [0.1, 0.15) is 6.04 Å². The van der Waals surface area contributed by atoms with E-state index in [1.165, 1.54) is 7.11 Å². The minimum absolute atomic E-state index is 0.325. The van der Waals surface area contributed by atoms with Crippen molar-refractivity contribution in [2.45, 2.75) is 26.3 Å². The third-order valence-electron chi connectivity index (χ3n) is 1.23. The van der Waals surface area contributed by atoms with Crippen LogP contribution in [0.5, 0.6) is 0 Å². The lowest BCUT2D eigenvalue weighted by atomic mass is 10.1. The van der Waals surface area contributed by atoms with Gasteiger partial charge in [0.25, 0.3) is 0 Å². The Labute approximate surface area is 77.8 Å². The first kappa shape index (κ1) is 14.3. The Morgan fingerprint density at radius 3 is 2.23 bits per heavy atom. The monoisotopic (exact) mass is 188 g/mol. The van der Waals surface area contributed by atoms with E-state index in [1.54, 1.807) is 0 Å². The van der Waals surface area contributed by atoms with Gasteiger partial charge in [0.15, 0.2) is 0 Å². The van der Waals surface area contributed by atoms with Gasteiger partial charge in [-0.2, -0.15) is 0 Å². The smallest absolute Gasteiger partial charge is 0.322 e. The summed E-state index contributed by atoms with van der Waals surface area (Å²) in [6, 6.07) is -0.454. The largest absolute Gasteiger partial charge is 0.468 e. The van der Waals surface area contributed by atoms with Gasteiger partial charge in [0.05, 0.1) is 7.11 Å². The number of rotatable bonds is 3. The Kier molecular flexibility index (Phi) is 9.82. The summed E-state index contributed by atoms with van der Waals surface area (Å²) in [4.78, 5) is 19.0. The topological polar surface area (TPSA) is 93.2 Å². The van der Waals surface area contributed by atoms with Crippen LogP contribution >= 0.6 is 0 Å². The highest BCUT2D eigenvalue weighted by atomic mass is 16.5. The summed E-state index contributed by atoms with van der Waals surface area (Å²) >= 11 is 0. The fourth-order valence-electron chi connectivity index (χ4n) is 0.755. The van der Waals surface area contributed by atoms with Crippen molar-refractivity contribution in [3.05, 3.63) is 0 Å². The van der Waals surface area contributed by atoms with E-state index in [0.717, 1.165) is 6.08 Å². The molecule has 0 unspecified atom stereocenters. The summed E-state index contributed by atoms with van der Waals surface area (Å²) in [5, 5.41) is 5.40. The van der Waals surface area contributed by atoms with E-state index < -0.39 is 6.04 Å². The molecule has 1 atom stereocenters. The quantitative estimate of drug-likeness (QED) is 0.381. The van der Waals surface area contributed by atoms with Crippen molar-refractivity contribution in [1.82, 2.24) is 0 Å². The third-order valence-corrected chi connectivity index (χ3v) is 1.23. The molecular formula is C8H16N2O3. The van der Waals surface area contributed by atoms with Gasteiger partial charge in [-0.05, 0) is 12.3 Å². The van der Waals surface area contributed by atoms with E-state index in [-0.39, 0.29) is 5.97 Å². The van der Waals surface area contributed by atoms with Crippen LogP contribution in [0.15, 0.2) is 0 Å². The van der Waals surface area contributed by atoms with Gasteiger partial charge in [-0.1, -0.05) is 13.8 Å². The number of nitrogens with one attached hydrogen (secondary N) is 1. The maximum atomic E-state index is 10.7. The maximum Gasteiger partial charge on any atom is 0.322 e. The predicted molar refractivity (Wildman–Crippen MR) is 47.9 cm³/mol. The van der Waals surface area contributed by atoms with Crippen LogP contribution in [0.1, 0.15) is 20.3 Å². The Morgan fingerprint density at radius 2 is 2.00 bits per heavy atom. The molecule has 0 rings (SSSR count). The van der Waals surface area contributed by atoms with Crippen molar-refractivity contribution in [2.24, 2.45) is 11.7 Å². The third kappa shape index (κ3) is 10.8. The number of isocyanates is 1. The summed E-state index contributed by atoms with van der Waals surface area (Å²) in [7, 11) is 1.35. The second kappa shape index (κ2) is 8.90. The molecule has 0 aromatic rings. The molecule has 0 aliphatic heterocycles. The van der Waals surface area contributed by atoms with Gasteiger partial charge in [0.2, 0.25) is 6.08 Å². The molecule has 0 aromatic carbocycles. The van der Waals surface area contributed by atoms with Crippen LogP contribution < -0.4 is 5.73 Å². The van der Waals surface area contributed by atoms with Crippen molar-refractivity contribution in [1.29, 1.82) is 5.41 Å². The van der Waals surface area contributed by atoms with Crippen molar-refractivity contribution in [2.75, 3.05) is 7.11 Å². The number of carbonyl (C=O) groups excluding carboxylic acids is 2. The fraction of sp³-hybridized carbons (Fsp3) is 0.750. The molecule has 3 N–H and O–H groups in total. The molecule has 0 radical (unpaired) electrons. The van der Waals surface area contributed by atoms with Crippen LogP contribution in [0.25, 0.3) is 0 Å². The van der Waals surface area contributed by atoms with Gasteiger partial charge in [-0.25, -0.2) is 10.2 Å². The average molecular weight is 188 g/mol. The summed E-state index contributed by atoms with van der Waals surface area (Å²) in [6.07, 6.45) is 1.44. The number of esters is 1. The zero-order valence-electron chi connectivity index (χ0n) is 8.16. The second-order valence-corrected chi connectivity index (χ2v) is 2.86. The molecule has 0 aliphatic rings. The van der Waals surface area contributed by atoms with Crippen LogP contribution in [-0.2, 0) is 14.3 Å². The number of nitrogens with two attached hydrogens (primary N) is 1. The van der Waals surface area contributed by atoms with E-state index in [1.807, 2.05) is 13.8 Å². The summed E-state index contributed by atoms with van der Waals surface area (Å²) < 4.78 is 4.45. The molecule has 5 nitrogen and oxygen atoms in total. The summed E-state index contributed by atoms with van der Waals surface area (Å²) in [6.45, 7) is 4.03. The molecule has 0 aliphatic carbocycles. The molecular weight excluding hydrogens is 172 g/mol. The van der Waals surface area contributed by atoms with Crippen LogP contribution in [0.4, 0.5) is 0 Å². The number of methoxy groups -OCH3 is 1. The highest BCUT2D eigenvalue weighted by Crippen LogP contribution is 2.02. The van der Waals surface area contributed by atoms with E-state index in [0.29, 0.717) is 12.3 Å². The van der Waals surface area contributed by atoms with Crippen LogP contribution in [-0.4, -0.2) is 25.2 Å².